The lowest BCUT2D eigenvalue weighted by Gasteiger charge is -2.39. The zero-order chi connectivity index (χ0) is 14.8. The molecule has 0 bridgehead atoms. The highest BCUT2D eigenvalue weighted by Crippen LogP contribution is 2.38. The molecule has 3 nitrogen and oxygen atoms in total. The maximum absolute atomic E-state index is 12.9. The molecule has 1 saturated carbocycles. The van der Waals surface area contributed by atoms with Gasteiger partial charge in [0.2, 0.25) is 5.91 Å². The molecule has 4 atom stereocenters. The van der Waals surface area contributed by atoms with Crippen LogP contribution in [0, 0.1) is 0 Å². The number of carbonyl (C=O) groups is 1. The van der Waals surface area contributed by atoms with Crippen LogP contribution in [0.5, 0.6) is 0 Å². The Labute approximate surface area is 135 Å². The third kappa shape index (κ3) is 2.88. The van der Waals surface area contributed by atoms with Gasteiger partial charge in [-0.05, 0) is 47.9 Å². The predicted octanol–water partition coefficient (Wildman–Crippen LogP) is 3.63. The van der Waals surface area contributed by atoms with Crippen LogP contribution in [0.3, 0.4) is 0 Å². The van der Waals surface area contributed by atoms with Crippen molar-refractivity contribution in [2.45, 2.75) is 62.5 Å². The minimum Gasteiger partial charge on any atom is -0.317 e. The van der Waals surface area contributed by atoms with Crippen molar-refractivity contribution < 1.29 is 4.79 Å². The highest BCUT2D eigenvalue weighted by atomic mass is 32.2. The van der Waals surface area contributed by atoms with Crippen molar-refractivity contribution >= 4 is 29.0 Å². The van der Waals surface area contributed by atoms with Crippen molar-refractivity contribution in [2.24, 2.45) is 0 Å². The van der Waals surface area contributed by atoms with E-state index in [0.29, 0.717) is 17.2 Å². The molecule has 4 unspecified atom stereocenters. The molecule has 2 aliphatic rings. The van der Waals surface area contributed by atoms with Crippen LogP contribution in [0.25, 0.3) is 0 Å². The summed E-state index contributed by atoms with van der Waals surface area (Å²) in [5.41, 5.74) is 1.25. The van der Waals surface area contributed by atoms with Gasteiger partial charge in [0.1, 0.15) is 6.17 Å². The maximum atomic E-state index is 12.9. The van der Waals surface area contributed by atoms with E-state index in [1.54, 1.807) is 11.3 Å². The van der Waals surface area contributed by atoms with Crippen LogP contribution >= 0.6 is 23.1 Å². The lowest BCUT2D eigenvalue weighted by Crippen LogP contribution is -2.47. The van der Waals surface area contributed by atoms with Crippen LogP contribution in [0.4, 0.5) is 0 Å². The standard InChI is InChI=1S/C16H24N2OS2/c1-3-12-16(19)18(13-6-4-5-7-14(13)20-2)15(17-12)11-8-9-21-10-11/h8-10,12-15,17H,3-7H2,1-2H3. The zero-order valence-electron chi connectivity index (χ0n) is 12.7. The molecule has 5 heteroatoms. The van der Waals surface area contributed by atoms with Crippen LogP contribution in [-0.4, -0.2) is 34.4 Å². The first-order chi connectivity index (χ1) is 10.3. The number of amides is 1. The van der Waals surface area contributed by atoms with Gasteiger partial charge in [-0.3, -0.25) is 10.1 Å². The average Bonchev–Trinajstić information content (AvgIpc) is 3.14. The van der Waals surface area contributed by atoms with Crippen LogP contribution in [0.15, 0.2) is 16.8 Å². The Morgan fingerprint density at radius 3 is 2.90 bits per heavy atom. The van der Waals surface area contributed by atoms with E-state index in [-0.39, 0.29) is 12.2 Å². The van der Waals surface area contributed by atoms with Gasteiger partial charge in [-0.1, -0.05) is 19.8 Å². The summed E-state index contributed by atoms with van der Waals surface area (Å²) < 4.78 is 0. The molecule has 0 spiro atoms. The third-order valence-corrected chi connectivity index (χ3v) is 6.64. The normalized spacial score (nSPS) is 33.6. The van der Waals surface area contributed by atoms with Gasteiger partial charge in [0.05, 0.1) is 6.04 Å². The van der Waals surface area contributed by atoms with E-state index in [1.165, 1.54) is 24.8 Å². The average molecular weight is 325 g/mol. The number of hydrogen-bond acceptors (Lipinski definition) is 4. The van der Waals surface area contributed by atoms with E-state index in [9.17, 15) is 4.79 Å². The summed E-state index contributed by atoms with van der Waals surface area (Å²) >= 11 is 3.64. The van der Waals surface area contributed by atoms with Gasteiger partial charge in [-0.25, -0.2) is 0 Å². The molecule has 0 radical (unpaired) electrons. The van der Waals surface area contributed by atoms with Crippen LogP contribution in [0.2, 0.25) is 0 Å². The fraction of sp³-hybridized carbons (Fsp3) is 0.688. The number of thiophene rings is 1. The quantitative estimate of drug-likeness (QED) is 0.918. The first-order valence-electron chi connectivity index (χ1n) is 7.89. The van der Waals surface area contributed by atoms with E-state index < -0.39 is 0 Å². The Balaban J connectivity index is 1.89. The summed E-state index contributed by atoms with van der Waals surface area (Å²) in [4.78, 5) is 15.0. The number of carbonyl (C=O) groups excluding carboxylic acids is 1. The second kappa shape index (κ2) is 6.71. The molecule has 1 amide bonds. The molecular weight excluding hydrogens is 300 g/mol. The molecule has 1 N–H and O–H groups in total. The van der Waals surface area contributed by atoms with Crippen molar-refractivity contribution in [3.05, 3.63) is 22.4 Å². The molecule has 1 saturated heterocycles. The summed E-state index contributed by atoms with van der Waals surface area (Å²) in [6.07, 6.45) is 8.07. The van der Waals surface area contributed by atoms with Crippen LogP contribution in [0.1, 0.15) is 50.8 Å². The second-order valence-corrected chi connectivity index (χ2v) is 7.82. The van der Waals surface area contributed by atoms with Gasteiger partial charge in [0, 0.05) is 11.3 Å². The maximum Gasteiger partial charge on any atom is 0.241 e. The van der Waals surface area contributed by atoms with Crippen molar-refractivity contribution in [2.75, 3.05) is 6.26 Å². The lowest BCUT2D eigenvalue weighted by molar-refractivity contribution is -0.133. The SMILES string of the molecule is CCC1NC(c2ccsc2)N(C2CCCCC2SC)C1=O. The summed E-state index contributed by atoms with van der Waals surface area (Å²) in [6, 6.07) is 2.52. The molecule has 3 rings (SSSR count). The minimum absolute atomic E-state index is 0.0145. The first kappa shape index (κ1) is 15.4. The Morgan fingerprint density at radius 2 is 2.24 bits per heavy atom. The number of hydrogen-bond donors (Lipinski definition) is 1. The van der Waals surface area contributed by atoms with E-state index in [1.807, 2.05) is 11.8 Å². The van der Waals surface area contributed by atoms with Gasteiger partial charge >= 0.3 is 0 Å². The smallest absolute Gasteiger partial charge is 0.241 e. The second-order valence-electron chi connectivity index (χ2n) is 5.96. The molecule has 116 valence electrons. The zero-order valence-corrected chi connectivity index (χ0v) is 14.4. The fourth-order valence-electron chi connectivity index (χ4n) is 3.65. The summed E-state index contributed by atoms with van der Waals surface area (Å²) in [5, 5.41) is 8.42. The topological polar surface area (TPSA) is 32.3 Å². The van der Waals surface area contributed by atoms with Gasteiger partial charge in [-0.2, -0.15) is 23.1 Å². The predicted molar refractivity (Wildman–Crippen MR) is 90.7 cm³/mol. The highest BCUT2D eigenvalue weighted by molar-refractivity contribution is 7.99. The Kier molecular flexibility index (Phi) is 4.92. The summed E-state index contributed by atoms with van der Waals surface area (Å²) in [5.74, 6) is 0.305. The van der Waals surface area contributed by atoms with Gasteiger partial charge in [0.25, 0.3) is 0 Å². The molecule has 21 heavy (non-hydrogen) atoms. The molecule has 1 aromatic rings. The van der Waals surface area contributed by atoms with E-state index in [0.717, 1.165) is 12.8 Å². The molecule has 1 aliphatic heterocycles. The molecule has 2 fully saturated rings. The van der Waals surface area contributed by atoms with E-state index in [4.69, 9.17) is 0 Å². The monoisotopic (exact) mass is 324 g/mol. The number of nitrogens with zero attached hydrogens (tertiary/aromatic N) is 1. The molecule has 1 aliphatic carbocycles. The molecular formula is C16H24N2OS2. The molecule has 0 aromatic carbocycles. The van der Waals surface area contributed by atoms with Crippen molar-refractivity contribution in [1.29, 1.82) is 0 Å². The van der Waals surface area contributed by atoms with Crippen LogP contribution < -0.4 is 5.32 Å². The van der Waals surface area contributed by atoms with Gasteiger partial charge in [0.15, 0.2) is 0 Å². The Hall–Kier alpha value is -0.520. The number of nitrogens with one attached hydrogen (secondary N) is 1. The lowest BCUT2D eigenvalue weighted by atomic mass is 9.93. The number of rotatable bonds is 4. The number of thioether (sulfide) groups is 1. The molecule has 1 aromatic heterocycles. The van der Waals surface area contributed by atoms with Crippen molar-refractivity contribution in [1.82, 2.24) is 10.2 Å². The minimum atomic E-state index is -0.0145. The van der Waals surface area contributed by atoms with Gasteiger partial charge in [-0.15, -0.1) is 0 Å². The first-order valence-corrected chi connectivity index (χ1v) is 10.1. The van der Waals surface area contributed by atoms with Crippen molar-refractivity contribution in [3.8, 4) is 0 Å². The Bertz CT molecular complexity index is 477. The largest absolute Gasteiger partial charge is 0.317 e. The molecule has 2 heterocycles. The Morgan fingerprint density at radius 1 is 1.43 bits per heavy atom. The van der Waals surface area contributed by atoms with Crippen molar-refractivity contribution in [3.63, 3.8) is 0 Å². The third-order valence-electron chi connectivity index (χ3n) is 4.78. The summed E-state index contributed by atoms with van der Waals surface area (Å²) in [6.45, 7) is 2.09. The van der Waals surface area contributed by atoms with E-state index >= 15 is 0 Å². The highest BCUT2D eigenvalue weighted by Gasteiger charge is 2.45. The van der Waals surface area contributed by atoms with E-state index in [2.05, 4.69) is 40.2 Å². The fourth-order valence-corrected chi connectivity index (χ4v) is 5.32. The van der Waals surface area contributed by atoms with Crippen LogP contribution in [-0.2, 0) is 4.79 Å². The van der Waals surface area contributed by atoms with Gasteiger partial charge < -0.3 is 4.90 Å². The summed E-state index contributed by atoms with van der Waals surface area (Å²) in [7, 11) is 0.